The van der Waals surface area contributed by atoms with Gasteiger partial charge in [0.1, 0.15) is 6.04 Å². The normalized spacial score (nSPS) is 19.7. The molecule has 29 heavy (non-hydrogen) atoms. The SMILES string of the molecule is O=C(NC(Cc1ccccc1)C(=O)NC1CCC(C(=O)O)CC1)c1ccccc1. The molecule has 0 aliphatic heterocycles. The fourth-order valence-electron chi connectivity index (χ4n) is 3.68. The molecule has 6 nitrogen and oxygen atoms in total. The van der Waals surface area contributed by atoms with Crippen LogP contribution in [0, 0.1) is 5.92 Å². The first-order valence-corrected chi connectivity index (χ1v) is 9.96. The number of benzene rings is 2. The van der Waals surface area contributed by atoms with Crippen molar-refractivity contribution in [3.8, 4) is 0 Å². The van der Waals surface area contributed by atoms with Crippen LogP contribution in [0.4, 0.5) is 0 Å². The highest BCUT2D eigenvalue weighted by molar-refractivity contribution is 5.97. The predicted octanol–water partition coefficient (Wildman–Crippen LogP) is 2.79. The molecule has 3 N–H and O–H groups in total. The Morgan fingerprint density at radius 2 is 1.48 bits per heavy atom. The summed E-state index contributed by atoms with van der Waals surface area (Å²) in [7, 11) is 0. The van der Waals surface area contributed by atoms with Crippen LogP contribution in [0.15, 0.2) is 60.7 Å². The number of amides is 2. The van der Waals surface area contributed by atoms with Gasteiger partial charge in [-0.25, -0.2) is 0 Å². The van der Waals surface area contributed by atoms with E-state index >= 15 is 0 Å². The Kier molecular flexibility index (Phi) is 7.00. The van der Waals surface area contributed by atoms with E-state index in [1.54, 1.807) is 24.3 Å². The van der Waals surface area contributed by atoms with Gasteiger partial charge in [0.15, 0.2) is 0 Å². The van der Waals surface area contributed by atoms with Crippen LogP contribution in [0.3, 0.4) is 0 Å². The molecule has 6 heteroatoms. The predicted molar refractivity (Wildman–Crippen MR) is 109 cm³/mol. The van der Waals surface area contributed by atoms with E-state index in [0.717, 1.165) is 5.56 Å². The van der Waals surface area contributed by atoms with Gasteiger partial charge in [0, 0.05) is 18.0 Å². The summed E-state index contributed by atoms with van der Waals surface area (Å²) < 4.78 is 0. The molecule has 1 saturated carbocycles. The van der Waals surface area contributed by atoms with E-state index in [1.807, 2.05) is 36.4 Å². The number of nitrogens with one attached hydrogen (secondary N) is 2. The molecule has 2 aromatic rings. The van der Waals surface area contributed by atoms with E-state index in [4.69, 9.17) is 5.11 Å². The summed E-state index contributed by atoms with van der Waals surface area (Å²) in [5.41, 5.74) is 1.45. The molecular weight excluding hydrogens is 368 g/mol. The summed E-state index contributed by atoms with van der Waals surface area (Å²) >= 11 is 0. The Hall–Kier alpha value is -3.15. The van der Waals surface area contributed by atoms with Gasteiger partial charge in [-0.05, 0) is 43.4 Å². The number of hydrogen-bond acceptors (Lipinski definition) is 3. The maximum absolute atomic E-state index is 13.0. The lowest BCUT2D eigenvalue weighted by Gasteiger charge is -2.28. The topological polar surface area (TPSA) is 95.5 Å². The zero-order chi connectivity index (χ0) is 20.6. The van der Waals surface area contributed by atoms with E-state index in [-0.39, 0.29) is 23.8 Å². The molecule has 1 aliphatic rings. The highest BCUT2D eigenvalue weighted by atomic mass is 16.4. The Balaban J connectivity index is 1.66. The van der Waals surface area contributed by atoms with Gasteiger partial charge < -0.3 is 15.7 Å². The fraction of sp³-hybridized carbons (Fsp3) is 0.348. The Labute approximate surface area is 170 Å². The largest absolute Gasteiger partial charge is 0.481 e. The lowest BCUT2D eigenvalue weighted by Crippen LogP contribution is -2.51. The number of rotatable bonds is 7. The third kappa shape index (κ3) is 5.91. The Morgan fingerprint density at radius 3 is 2.07 bits per heavy atom. The van der Waals surface area contributed by atoms with Crippen LogP contribution < -0.4 is 10.6 Å². The van der Waals surface area contributed by atoms with Crippen LogP contribution in [0.1, 0.15) is 41.6 Å². The summed E-state index contributed by atoms with van der Waals surface area (Å²) in [6.45, 7) is 0. The molecule has 2 amide bonds. The molecule has 0 spiro atoms. The van der Waals surface area contributed by atoms with Crippen LogP contribution in [-0.4, -0.2) is 35.0 Å². The first-order valence-electron chi connectivity index (χ1n) is 9.96. The Morgan fingerprint density at radius 1 is 0.897 bits per heavy atom. The van der Waals surface area contributed by atoms with Gasteiger partial charge in [-0.1, -0.05) is 48.5 Å². The van der Waals surface area contributed by atoms with E-state index in [0.29, 0.717) is 37.7 Å². The van der Waals surface area contributed by atoms with E-state index in [2.05, 4.69) is 10.6 Å². The maximum Gasteiger partial charge on any atom is 0.306 e. The molecule has 2 aromatic carbocycles. The van der Waals surface area contributed by atoms with E-state index in [1.165, 1.54) is 0 Å². The van der Waals surface area contributed by atoms with Crippen LogP contribution in [0.5, 0.6) is 0 Å². The quantitative estimate of drug-likeness (QED) is 0.673. The monoisotopic (exact) mass is 394 g/mol. The van der Waals surface area contributed by atoms with Crippen molar-refractivity contribution >= 4 is 17.8 Å². The van der Waals surface area contributed by atoms with Gasteiger partial charge in [0.2, 0.25) is 5.91 Å². The zero-order valence-corrected chi connectivity index (χ0v) is 16.2. The van der Waals surface area contributed by atoms with Crippen LogP contribution in [0.2, 0.25) is 0 Å². The first-order chi connectivity index (χ1) is 14.0. The van der Waals surface area contributed by atoms with Crippen molar-refractivity contribution in [3.05, 3.63) is 71.8 Å². The van der Waals surface area contributed by atoms with Crippen LogP contribution in [0.25, 0.3) is 0 Å². The molecule has 152 valence electrons. The van der Waals surface area contributed by atoms with Crippen molar-refractivity contribution < 1.29 is 19.5 Å². The molecule has 0 aromatic heterocycles. The van der Waals surface area contributed by atoms with E-state index in [9.17, 15) is 14.4 Å². The fourth-order valence-corrected chi connectivity index (χ4v) is 3.68. The third-order valence-corrected chi connectivity index (χ3v) is 5.36. The molecule has 0 saturated heterocycles. The standard InChI is InChI=1S/C23H26N2O4/c26-21(17-9-5-2-6-10-17)25-20(15-16-7-3-1-4-8-16)22(27)24-19-13-11-18(12-14-19)23(28)29/h1-10,18-20H,11-15H2,(H,24,27)(H,25,26)(H,28,29). The third-order valence-electron chi connectivity index (χ3n) is 5.36. The molecule has 0 radical (unpaired) electrons. The van der Waals surface area contributed by atoms with Gasteiger partial charge in [-0.15, -0.1) is 0 Å². The zero-order valence-electron chi connectivity index (χ0n) is 16.2. The number of aliphatic carboxylic acids is 1. The van der Waals surface area contributed by atoms with Gasteiger partial charge in [-0.2, -0.15) is 0 Å². The molecular formula is C23H26N2O4. The highest BCUT2D eigenvalue weighted by Gasteiger charge is 2.29. The minimum Gasteiger partial charge on any atom is -0.481 e. The average molecular weight is 394 g/mol. The van der Waals surface area contributed by atoms with Crippen molar-refractivity contribution in [1.29, 1.82) is 0 Å². The second-order valence-corrected chi connectivity index (χ2v) is 7.48. The van der Waals surface area contributed by atoms with Crippen molar-refractivity contribution in [2.45, 2.75) is 44.2 Å². The van der Waals surface area contributed by atoms with Gasteiger partial charge in [0.25, 0.3) is 5.91 Å². The summed E-state index contributed by atoms with van der Waals surface area (Å²) in [4.78, 5) is 36.7. The number of carbonyl (C=O) groups is 3. The molecule has 0 heterocycles. The summed E-state index contributed by atoms with van der Waals surface area (Å²) in [6.07, 6.45) is 2.76. The summed E-state index contributed by atoms with van der Waals surface area (Å²) in [5, 5.41) is 15.0. The number of hydrogen-bond donors (Lipinski definition) is 3. The maximum atomic E-state index is 13.0. The molecule has 1 aliphatic carbocycles. The van der Waals surface area contributed by atoms with E-state index < -0.39 is 12.0 Å². The van der Waals surface area contributed by atoms with Crippen molar-refractivity contribution in [1.82, 2.24) is 10.6 Å². The van der Waals surface area contributed by atoms with Gasteiger partial charge in [0.05, 0.1) is 5.92 Å². The summed E-state index contributed by atoms with van der Waals surface area (Å²) in [5.74, 6) is -1.64. The number of carbonyl (C=O) groups excluding carboxylic acids is 2. The average Bonchev–Trinajstić information content (AvgIpc) is 2.75. The van der Waals surface area contributed by atoms with Crippen LogP contribution >= 0.6 is 0 Å². The lowest BCUT2D eigenvalue weighted by atomic mass is 9.86. The van der Waals surface area contributed by atoms with Gasteiger partial charge in [-0.3, -0.25) is 14.4 Å². The smallest absolute Gasteiger partial charge is 0.306 e. The molecule has 1 unspecified atom stereocenters. The minimum absolute atomic E-state index is 0.0648. The Bertz CT molecular complexity index is 830. The number of carboxylic acids is 1. The second-order valence-electron chi connectivity index (χ2n) is 7.48. The minimum atomic E-state index is -0.771. The molecule has 1 fully saturated rings. The molecule has 0 bridgehead atoms. The van der Waals surface area contributed by atoms with Crippen molar-refractivity contribution in [3.63, 3.8) is 0 Å². The molecule has 3 rings (SSSR count). The van der Waals surface area contributed by atoms with Crippen molar-refractivity contribution in [2.75, 3.05) is 0 Å². The molecule has 1 atom stereocenters. The highest BCUT2D eigenvalue weighted by Crippen LogP contribution is 2.24. The van der Waals surface area contributed by atoms with Crippen LogP contribution in [-0.2, 0) is 16.0 Å². The second kappa shape index (κ2) is 9.87. The van der Waals surface area contributed by atoms with Gasteiger partial charge >= 0.3 is 5.97 Å². The summed E-state index contributed by atoms with van der Waals surface area (Å²) in [6, 6.07) is 17.6. The first kappa shape index (κ1) is 20.6. The lowest BCUT2D eigenvalue weighted by molar-refractivity contribution is -0.142. The number of carboxylic acid groups (broad SMARTS) is 1. The van der Waals surface area contributed by atoms with Crippen molar-refractivity contribution in [2.24, 2.45) is 5.92 Å².